The van der Waals surface area contributed by atoms with E-state index in [9.17, 15) is 14.7 Å². The van der Waals surface area contributed by atoms with Gasteiger partial charge in [-0.05, 0) is 24.5 Å². The van der Waals surface area contributed by atoms with E-state index in [4.69, 9.17) is 14.2 Å². The molecule has 2 N–H and O–H groups in total. The van der Waals surface area contributed by atoms with Gasteiger partial charge in [0.2, 0.25) is 0 Å². The Morgan fingerprint density at radius 1 is 1.03 bits per heavy atom. The molecule has 3 aromatic rings. The molecule has 1 aliphatic heterocycles. The van der Waals surface area contributed by atoms with Crippen molar-refractivity contribution in [3.05, 3.63) is 104 Å². The summed E-state index contributed by atoms with van der Waals surface area (Å²) in [4.78, 5) is 26.9. The standard InChI is InChI=1S/C28H34N2O6/c1-3-4-15-28(19-34-17-21-11-7-5-8-12-21)24(35-18-22-13-9-6-10-14-22)23(31)26(36-28)30-16-20(2)25(32)29-27(30)33/h5-14,16,23-24,26,31H,3-4,15,17-19H2,1-2H3,(H,29,32,33)/t23-,24+,26-,28-/m1/s1. The van der Waals surface area contributed by atoms with Crippen LogP contribution in [0.2, 0.25) is 0 Å². The lowest BCUT2D eigenvalue weighted by Crippen LogP contribution is -2.48. The van der Waals surface area contributed by atoms with Gasteiger partial charge < -0.3 is 19.3 Å². The van der Waals surface area contributed by atoms with Crippen molar-refractivity contribution in [3.8, 4) is 0 Å². The first kappa shape index (κ1) is 26.0. The van der Waals surface area contributed by atoms with E-state index in [1.54, 1.807) is 6.92 Å². The summed E-state index contributed by atoms with van der Waals surface area (Å²) in [6.45, 7) is 4.50. The molecule has 0 bridgehead atoms. The van der Waals surface area contributed by atoms with Gasteiger partial charge in [-0.3, -0.25) is 14.3 Å². The number of H-pyrrole nitrogens is 1. The van der Waals surface area contributed by atoms with Gasteiger partial charge in [-0.2, -0.15) is 0 Å². The first-order chi connectivity index (χ1) is 17.4. The average Bonchev–Trinajstić information content (AvgIpc) is 3.16. The van der Waals surface area contributed by atoms with Crippen LogP contribution in [0.4, 0.5) is 0 Å². The Balaban J connectivity index is 1.65. The Hall–Kier alpha value is -3.04. The Morgan fingerprint density at radius 2 is 1.67 bits per heavy atom. The predicted octanol–water partition coefficient (Wildman–Crippen LogP) is 3.47. The minimum atomic E-state index is -1.16. The summed E-state index contributed by atoms with van der Waals surface area (Å²) in [5, 5.41) is 11.5. The Kier molecular flexibility index (Phi) is 8.53. The Bertz CT molecular complexity index is 1230. The highest BCUT2D eigenvalue weighted by Crippen LogP contribution is 2.42. The molecule has 4 rings (SSSR count). The fraction of sp³-hybridized carbons (Fsp3) is 0.429. The van der Waals surface area contributed by atoms with Crippen LogP contribution in [0.15, 0.2) is 76.4 Å². The summed E-state index contributed by atoms with van der Waals surface area (Å²) in [5.74, 6) is 0. The third-order valence-corrected chi connectivity index (χ3v) is 6.58. The van der Waals surface area contributed by atoms with Crippen molar-refractivity contribution in [1.82, 2.24) is 9.55 Å². The minimum Gasteiger partial charge on any atom is -0.386 e. The minimum absolute atomic E-state index is 0.173. The zero-order chi connectivity index (χ0) is 25.5. The van der Waals surface area contributed by atoms with Crippen LogP contribution in [-0.2, 0) is 27.4 Å². The molecule has 8 heteroatoms. The molecule has 192 valence electrons. The summed E-state index contributed by atoms with van der Waals surface area (Å²) in [5.41, 5.74) is 0.218. The van der Waals surface area contributed by atoms with Gasteiger partial charge in [0, 0.05) is 11.8 Å². The number of hydrogen-bond donors (Lipinski definition) is 2. The number of nitrogens with one attached hydrogen (secondary N) is 1. The molecule has 8 nitrogen and oxygen atoms in total. The smallest absolute Gasteiger partial charge is 0.330 e. The zero-order valence-electron chi connectivity index (χ0n) is 20.8. The number of ether oxygens (including phenoxy) is 3. The van der Waals surface area contributed by atoms with E-state index in [0.717, 1.165) is 24.0 Å². The number of aromatic nitrogens is 2. The first-order valence-electron chi connectivity index (χ1n) is 12.4. The lowest BCUT2D eigenvalue weighted by Gasteiger charge is -2.34. The summed E-state index contributed by atoms with van der Waals surface area (Å²) in [6, 6.07) is 19.5. The number of aliphatic hydroxyl groups is 1. The number of rotatable bonds is 11. The third-order valence-electron chi connectivity index (χ3n) is 6.58. The maximum absolute atomic E-state index is 12.7. The molecule has 1 aliphatic rings. The van der Waals surface area contributed by atoms with Crippen LogP contribution in [-0.4, -0.2) is 39.1 Å². The summed E-state index contributed by atoms with van der Waals surface area (Å²) in [6.07, 6.45) is 0.767. The van der Waals surface area contributed by atoms with Crippen molar-refractivity contribution in [2.45, 2.75) is 70.4 Å². The van der Waals surface area contributed by atoms with Gasteiger partial charge in [0.25, 0.3) is 5.56 Å². The van der Waals surface area contributed by atoms with Gasteiger partial charge in [-0.1, -0.05) is 80.4 Å². The molecule has 0 saturated carbocycles. The lowest BCUT2D eigenvalue weighted by atomic mass is 9.90. The van der Waals surface area contributed by atoms with Crippen molar-refractivity contribution >= 4 is 0 Å². The maximum atomic E-state index is 12.7. The van der Waals surface area contributed by atoms with Crippen LogP contribution in [0.1, 0.15) is 49.1 Å². The molecule has 0 spiro atoms. The lowest BCUT2D eigenvalue weighted by molar-refractivity contribution is -0.161. The van der Waals surface area contributed by atoms with Gasteiger partial charge in [0.1, 0.15) is 17.8 Å². The topological polar surface area (TPSA) is 103 Å². The van der Waals surface area contributed by atoms with Crippen LogP contribution in [0.5, 0.6) is 0 Å². The van der Waals surface area contributed by atoms with Crippen LogP contribution < -0.4 is 11.2 Å². The molecule has 2 aromatic carbocycles. The van der Waals surface area contributed by atoms with E-state index in [-0.39, 0.29) is 13.2 Å². The second-order valence-electron chi connectivity index (χ2n) is 9.34. The summed E-state index contributed by atoms with van der Waals surface area (Å²) < 4.78 is 20.2. The molecule has 0 unspecified atom stereocenters. The number of benzene rings is 2. The van der Waals surface area contributed by atoms with E-state index in [1.165, 1.54) is 10.8 Å². The van der Waals surface area contributed by atoms with Crippen molar-refractivity contribution in [3.63, 3.8) is 0 Å². The van der Waals surface area contributed by atoms with E-state index < -0.39 is 35.3 Å². The number of aliphatic hydroxyl groups excluding tert-OH is 1. The molecular weight excluding hydrogens is 460 g/mol. The third kappa shape index (κ3) is 5.84. The fourth-order valence-electron chi connectivity index (χ4n) is 4.63. The predicted molar refractivity (Wildman–Crippen MR) is 136 cm³/mol. The number of hydrogen-bond acceptors (Lipinski definition) is 6. The van der Waals surface area contributed by atoms with Crippen LogP contribution >= 0.6 is 0 Å². The number of aromatic amines is 1. The monoisotopic (exact) mass is 494 g/mol. The molecule has 1 aromatic heterocycles. The highest BCUT2D eigenvalue weighted by atomic mass is 16.6. The largest absolute Gasteiger partial charge is 0.386 e. The maximum Gasteiger partial charge on any atom is 0.330 e. The van der Waals surface area contributed by atoms with Gasteiger partial charge in [0.15, 0.2) is 6.23 Å². The molecule has 2 heterocycles. The second kappa shape index (κ2) is 11.8. The van der Waals surface area contributed by atoms with E-state index in [2.05, 4.69) is 11.9 Å². The number of unbranched alkanes of at least 4 members (excludes halogenated alkanes) is 1. The van der Waals surface area contributed by atoms with Crippen molar-refractivity contribution in [2.24, 2.45) is 0 Å². The number of nitrogens with zero attached hydrogens (tertiary/aromatic N) is 1. The van der Waals surface area contributed by atoms with Crippen molar-refractivity contribution in [1.29, 1.82) is 0 Å². The van der Waals surface area contributed by atoms with E-state index >= 15 is 0 Å². The summed E-state index contributed by atoms with van der Waals surface area (Å²) >= 11 is 0. The van der Waals surface area contributed by atoms with E-state index in [0.29, 0.717) is 18.6 Å². The second-order valence-corrected chi connectivity index (χ2v) is 9.34. The van der Waals surface area contributed by atoms with Crippen LogP contribution in [0, 0.1) is 6.92 Å². The van der Waals surface area contributed by atoms with Gasteiger partial charge in [-0.15, -0.1) is 0 Å². The zero-order valence-corrected chi connectivity index (χ0v) is 20.8. The molecular formula is C28H34N2O6. The fourth-order valence-corrected chi connectivity index (χ4v) is 4.63. The molecule has 0 amide bonds. The van der Waals surface area contributed by atoms with Crippen LogP contribution in [0.3, 0.4) is 0 Å². The highest BCUT2D eigenvalue weighted by Gasteiger charge is 2.56. The molecule has 4 atom stereocenters. The molecule has 0 aliphatic carbocycles. The van der Waals surface area contributed by atoms with Crippen LogP contribution in [0.25, 0.3) is 0 Å². The molecule has 36 heavy (non-hydrogen) atoms. The quantitative estimate of drug-likeness (QED) is 0.423. The van der Waals surface area contributed by atoms with Gasteiger partial charge in [0.05, 0.1) is 19.8 Å². The highest BCUT2D eigenvalue weighted by molar-refractivity contribution is 5.15. The van der Waals surface area contributed by atoms with E-state index in [1.807, 2.05) is 60.7 Å². The van der Waals surface area contributed by atoms with Gasteiger partial charge >= 0.3 is 5.69 Å². The summed E-state index contributed by atoms with van der Waals surface area (Å²) in [7, 11) is 0. The Morgan fingerprint density at radius 3 is 2.31 bits per heavy atom. The average molecular weight is 495 g/mol. The normalized spacial score (nSPS) is 23.7. The number of aryl methyl sites for hydroxylation is 1. The van der Waals surface area contributed by atoms with Crippen molar-refractivity contribution < 1.29 is 19.3 Å². The van der Waals surface area contributed by atoms with Crippen molar-refractivity contribution in [2.75, 3.05) is 6.61 Å². The molecule has 0 radical (unpaired) electrons. The van der Waals surface area contributed by atoms with Gasteiger partial charge in [-0.25, -0.2) is 4.79 Å². The first-order valence-corrected chi connectivity index (χ1v) is 12.4. The molecule has 1 saturated heterocycles. The Labute approximate surface area is 210 Å². The molecule has 1 fully saturated rings. The SMILES string of the molecule is CCCC[C@]1(COCc2ccccc2)O[C@@H](n2cc(C)c(=O)[nH]c2=O)[C@H](O)[C@@H]1OCc1ccccc1.